The Hall–Kier alpha value is -1.06. The number of carbonyl (C=O) groups is 1. The number of amides is 1. The summed E-state index contributed by atoms with van der Waals surface area (Å²) >= 11 is 5.94. The van der Waals surface area contributed by atoms with Gasteiger partial charge in [0.15, 0.2) is 0 Å². The second-order valence-corrected chi connectivity index (χ2v) is 5.18. The van der Waals surface area contributed by atoms with Gasteiger partial charge in [-0.05, 0) is 38.5 Å². The normalized spacial score (nSPS) is 13.2. The third-order valence-electron chi connectivity index (χ3n) is 2.85. The first kappa shape index (κ1) is 14.0. The van der Waals surface area contributed by atoms with Crippen molar-refractivity contribution in [1.29, 1.82) is 0 Å². The fourth-order valence-electron chi connectivity index (χ4n) is 1.47. The molecule has 0 radical (unpaired) electrons. The van der Waals surface area contributed by atoms with E-state index in [1.54, 1.807) is 6.07 Å². The Bertz CT molecular complexity index is 404. The monoisotopic (exact) mass is 254 g/mol. The number of hydrogen-bond donors (Lipinski definition) is 2. The molecule has 17 heavy (non-hydrogen) atoms. The molecule has 1 rings (SSSR count). The van der Waals surface area contributed by atoms with Crippen LogP contribution in [0.1, 0.15) is 26.3 Å². The maximum absolute atomic E-state index is 12.1. The van der Waals surface area contributed by atoms with E-state index >= 15 is 0 Å². The lowest BCUT2D eigenvalue weighted by molar-refractivity contribution is -0.126. The van der Waals surface area contributed by atoms with Crippen LogP contribution in [0.25, 0.3) is 0 Å². The Kier molecular flexibility index (Phi) is 4.54. The zero-order chi connectivity index (χ0) is 13.1. The molecule has 0 spiro atoms. The zero-order valence-corrected chi connectivity index (χ0v) is 11.2. The lowest BCUT2D eigenvalue weighted by Crippen LogP contribution is -2.46. The number of nitrogens with one attached hydrogen (secondary N) is 1. The first-order chi connectivity index (χ1) is 7.87. The summed E-state index contributed by atoms with van der Waals surface area (Å²) in [6.45, 7) is 6.05. The number of rotatable bonds is 4. The number of benzene rings is 1. The Morgan fingerprint density at radius 1 is 1.53 bits per heavy atom. The molecule has 1 atom stereocenters. The molecule has 0 aliphatic rings. The van der Waals surface area contributed by atoms with E-state index in [4.69, 9.17) is 17.3 Å². The molecule has 0 saturated heterocycles. The second kappa shape index (κ2) is 5.52. The van der Waals surface area contributed by atoms with Gasteiger partial charge in [-0.3, -0.25) is 4.79 Å². The van der Waals surface area contributed by atoms with Crippen molar-refractivity contribution in [3.8, 4) is 0 Å². The molecule has 3 nitrogen and oxygen atoms in total. The highest BCUT2D eigenvalue weighted by Crippen LogP contribution is 2.25. The van der Waals surface area contributed by atoms with Crippen molar-refractivity contribution >= 4 is 17.5 Å². The Morgan fingerprint density at radius 3 is 2.71 bits per heavy atom. The fourth-order valence-corrected chi connectivity index (χ4v) is 1.66. The highest BCUT2D eigenvalue weighted by Gasteiger charge is 2.30. The quantitative estimate of drug-likeness (QED) is 0.865. The summed E-state index contributed by atoms with van der Waals surface area (Å²) in [4.78, 5) is 12.1. The van der Waals surface area contributed by atoms with Crippen molar-refractivity contribution in [3.05, 3.63) is 34.9 Å². The van der Waals surface area contributed by atoms with E-state index in [-0.39, 0.29) is 11.9 Å². The largest absolute Gasteiger partial charge is 0.352 e. The number of carbonyl (C=O) groups excluding carboxylic acids is 1. The Balaban J connectivity index is 2.90. The zero-order valence-electron chi connectivity index (χ0n) is 10.5. The van der Waals surface area contributed by atoms with Crippen molar-refractivity contribution in [3.63, 3.8) is 0 Å². The summed E-state index contributed by atoms with van der Waals surface area (Å²) in [6.07, 6.45) is 0. The predicted octanol–water partition coefficient (Wildman–Crippen LogP) is 2.08. The predicted molar refractivity (Wildman–Crippen MR) is 71.1 cm³/mol. The topological polar surface area (TPSA) is 55.1 Å². The molecule has 0 fully saturated rings. The number of halogens is 1. The maximum Gasteiger partial charge on any atom is 0.230 e. The minimum atomic E-state index is -0.617. The lowest BCUT2D eigenvalue weighted by Gasteiger charge is -2.26. The van der Waals surface area contributed by atoms with Crippen LogP contribution in [-0.4, -0.2) is 18.5 Å². The van der Waals surface area contributed by atoms with Crippen molar-refractivity contribution in [2.75, 3.05) is 6.54 Å². The fraction of sp³-hybridized carbons (Fsp3) is 0.462. The highest BCUT2D eigenvalue weighted by molar-refractivity contribution is 6.30. The van der Waals surface area contributed by atoms with Gasteiger partial charge in [0.05, 0.1) is 5.41 Å². The van der Waals surface area contributed by atoms with E-state index in [1.165, 1.54) is 0 Å². The van der Waals surface area contributed by atoms with Crippen LogP contribution >= 0.6 is 11.6 Å². The number of hydrogen-bond acceptors (Lipinski definition) is 2. The van der Waals surface area contributed by atoms with Gasteiger partial charge in [-0.2, -0.15) is 0 Å². The first-order valence-electron chi connectivity index (χ1n) is 5.65. The van der Waals surface area contributed by atoms with Crippen molar-refractivity contribution in [2.45, 2.75) is 32.2 Å². The molecule has 0 unspecified atom stereocenters. The van der Waals surface area contributed by atoms with Crippen LogP contribution in [0, 0.1) is 0 Å². The van der Waals surface area contributed by atoms with Crippen LogP contribution in [0.15, 0.2) is 24.3 Å². The standard InChI is InChI=1S/C13H19ClN2O/c1-9(8-15)16-12(17)13(2,3)10-5-4-6-11(14)7-10/h4-7,9H,8,15H2,1-3H3,(H,16,17)/t9-/m0/s1. The summed E-state index contributed by atoms with van der Waals surface area (Å²) in [5.41, 5.74) is 5.77. The van der Waals surface area contributed by atoms with Crippen LogP contribution < -0.4 is 11.1 Å². The smallest absolute Gasteiger partial charge is 0.230 e. The molecular weight excluding hydrogens is 236 g/mol. The average molecular weight is 255 g/mol. The second-order valence-electron chi connectivity index (χ2n) is 4.75. The van der Waals surface area contributed by atoms with Crippen LogP contribution in [-0.2, 0) is 10.2 Å². The molecule has 3 N–H and O–H groups in total. The molecule has 1 aromatic carbocycles. The molecule has 94 valence electrons. The van der Waals surface area contributed by atoms with Crippen LogP contribution in [0.5, 0.6) is 0 Å². The highest BCUT2D eigenvalue weighted by atomic mass is 35.5. The maximum atomic E-state index is 12.1. The van der Waals surface area contributed by atoms with Crippen molar-refractivity contribution in [1.82, 2.24) is 5.32 Å². The van der Waals surface area contributed by atoms with Gasteiger partial charge in [-0.25, -0.2) is 0 Å². The van der Waals surface area contributed by atoms with E-state index in [0.717, 1.165) is 5.56 Å². The summed E-state index contributed by atoms with van der Waals surface area (Å²) in [7, 11) is 0. The van der Waals surface area contributed by atoms with Gasteiger partial charge in [0.2, 0.25) is 5.91 Å². The van der Waals surface area contributed by atoms with Crippen LogP contribution in [0.3, 0.4) is 0 Å². The minimum absolute atomic E-state index is 0.0269. The van der Waals surface area contributed by atoms with E-state index < -0.39 is 5.41 Å². The Morgan fingerprint density at radius 2 is 2.18 bits per heavy atom. The van der Waals surface area contributed by atoms with Gasteiger partial charge in [-0.15, -0.1) is 0 Å². The Labute approximate surface area is 107 Å². The summed E-state index contributed by atoms with van der Waals surface area (Å²) in [5.74, 6) is -0.0438. The van der Waals surface area contributed by atoms with Gasteiger partial charge < -0.3 is 11.1 Å². The molecule has 0 aromatic heterocycles. The number of nitrogens with two attached hydrogens (primary N) is 1. The molecule has 1 aromatic rings. The molecule has 0 aliphatic carbocycles. The average Bonchev–Trinajstić information content (AvgIpc) is 2.28. The van der Waals surface area contributed by atoms with Crippen molar-refractivity contribution in [2.24, 2.45) is 5.73 Å². The van der Waals surface area contributed by atoms with E-state index in [1.807, 2.05) is 39.0 Å². The van der Waals surface area contributed by atoms with E-state index in [0.29, 0.717) is 11.6 Å². The lowest BCUT2D eigenvalue weighted by atomic mass is 9.83. The van der Waals surface area contributed by atoms with Crippen LogP contribution in [0.4, 0.5) is 0 Å². The molecule has 4 heteroatoms. The molecule has 0 bridgehead atoms. The van der Waals surface area contributed by atoms with Gasteiger partial charge in [-0.1, -0.05) is 23.7 Å². The van der Waals surface area contributed by atoms with Crippen LogP contribution in [0.2, 0.25) is 5.02 Å². The van der Waals surface area contributed by atoms with E-state index in [2.05, 4.69) is 5.32 Å². The first-order valence-corrected chi connectivity index (χ1v) is 6.02. The third kappa shape index (κ3) is 3.45. The van der Waals surface area contributed by atoms with Gasteiger partial charge >= 0.3 is 0 Å². The molecule has 0 saturated carbocycles. The molecule has 0 heterocycles. The minimum Gasteiger partial charge on any atom is -0.352 e. The van der Waals surface area contributed by atoms with Gasteiger partial charge in [0.1, 0.15) is 0 Å². The SMILES string of the molecule is C[C@@H](CN)NC(=O)C(C)(C)c1cccc(Cl)c1. The van der Waals surface area contributed by atoms with Crippen molar-refractivity contribution < 1.29 is 4.79 Å². The molecule has 1 amide bonds. The summed E-state index contributed by atoms with van der Waals surface area (Å²) in [5, 5.41) is 3.52. The summed E-state index contributed by atoms with van der Waals surface area (Å²) < 4.78 is 0. The molecule has 0 aliphatic heterocycles. The third-order valence-corrected chi connectivity index (χ3v) is 3.08. The van der Waals surface area contributed by atoms with Gasteiger partial charge in [0.25, 0.3) is 0 Å². The van der Waals surface area contributed by atoms with E-state index in [9.17, 15) is 4.79 Å². The summed E-state index contributed by atoms with van der Waals surface area (Å²) in [6, 6.07) is 7.33. The van der Waals surface area contributed by atoms with Gasteiger partial charge in [0, 0.05) is 17.6 Å². The molecular formula is C13H19ClN2O.